The number of rotatable bonds is 1. The minimum atomic E-state index is 0.110. The van der Waals surface area contributed by atoms with Crippen molar-refractivity contribution in [3.63, 3.8) is 0 Å². The number of ether oxygens (including phenoxy) is 2. The van der Waals surface area contributed by atoms with Gasteiger partial charge in [0.05, 0.1) is 25.4 Å². The Hall–Kier alpha value is -0.120. The molecule has 1 saturated heterocycles. The van der Waals surface area contributed by atoms with Crippen LogP contribution in [0.3, 0.4) is 0 Å². The molecule has 0 saturated carbocycles. The third kappa shape index (κ3) is 1.64. The Bertz CT molecular complexity index is 87.1. The molecule has 54 valence electrons. The second-order valence-electron chi connectivity index (χ2n) is 2.22. The van der Waals surface area contributed by atoms with Crippen LogP contribution in [0.15, 0.2) is 0 Å². The van der Waals surface area contributed by atoms with E-state index in [1.165, 1.54) is 0 Å². The van der Waals surface area contributed by atoms with Gasteiger partial charge in [-0.05, 0) is 6.92 Å². The van der Waals surface area contributed by atoms with Crippen LogP contribution in [0.1, 0.15) is 6.92 Å². The second-order valence-corrected chi connectivity index (χ2v) is 2.22. The fourth-order valence-corrected chi connectivity index (χ4v) is 0.936. The molecule has 0 bridgehead atoms. The van der Waals surface area contributed by atoms with Gasteiger partial charge in [0, 0.05) is 6.54 Å². The lowest BCUT2D eigenvalue weighted by molar-refractivity contribution is -0.127. The van der Waals surface area contributed by atoms with Crippen LogP contribution in [0.25, 0.3) is 0 Å². The van der Waals surface area contributed by atoms with Crippen LogP contribution in [0.5, 0.6) is 0 Å². The van der Waals surface area contributed by atoms with Crippen molar-refractivity contribution in [1.29, 1.82) is 0 Å². The molecular formula is C6H13NO2. The van der Waals surface area contributed by atoms with Crippen molar-refractivity contribution in [2.45, 2.75) is 19.1 Å². The van der Waals surface area contributed by atoms with Crippen LogP contribution in [0.2, 0.25) is 0 Å². The molecule has 0 amide bonds. The van der Waals surface area contributed by atoms with Crippen LogP contribution in [0, 0.1) is 0 Å². The van der Waals surface area contributed by atoms with E-state index < -0.39 is 0 Å². The molecule has 9 heavy (non-hydrogen) atoms. The highest BCUT2D eigenvalue weighted by molar-refractivity contribution is 4.69. The lowest BCUT2D eigenvalue weighted by Crippen LogP contribution is -2.41. The number of nitrogens with two attached hydrogens (primary N) is 1. The van der Waals surface area contributed by atoms with E-state index in [-0.39, 0.29) is 12.2 Å². The summed E-state index contributed by atoms with van der Waals surface area (Å²) in [6, 6.07) is 0. The summed E-state index contributed by atoms with van der Waals surface area (Å²) in [7, 11) is 0. The summed E-state index contributed by atoms with van der Waals surface area (Å²) < 4.78 is 10.6. The first-order valence-corrected chi connectivity index (χ1v) is 3.28. The van der Waals surface area contributed by atoms with E-state index in [1.54, 1.807) is 0 Å². The highest BCUT2D eigenvalue weighted by Gasteiger charge is 2.20. The maximum atomic E-state index is 5.39. The molecule has 1 aliphatic rings. The average Bonchev–Trinajstić information content (AvgIpc) is 1.89. The summed E-state index contributed by atoms with van der Waals surface area (Å²) in [4.78, 5) is 0. The molecule has 0 aromatic rings. The van der Waals surface area contributed by atoms with Crippen LogP contribution in [0.4, 0.5) is 0 Å². The molecular weight excluding hydrogens is 118 g/mol. The van der Waals surface area contributed by atoms with Crippen LogP contribution in [-0.2, 0) is 9.47 Å². The minimum absolute atomic E-state index is 0.110. The van der Waals surface area contributed by atoms with E-state index in [0.29, 0.717) is 19.8 Å². The Morgan fingerprint density at radius 3 is 2.56 bits per heavy atom. The first kappa shape index (κ1) is 6.99. The highest BCUT2D eigenvalue weighted by atomic mass is 16.6. The molecule has 2 N–H and O–H groups in total. The van der Waals surface area contributed by atoms with Crippen molar-refractivity contribution in [3.8, 4) is 0 Å². The van der Waals surface area contributed by atoms with Crippen LogP contribution >= 0.6 is 0 Å². The predicted octanol–water partition coefficient (Wildman–Crippen LogP) is -0.251. The van der Waals surface area contributed by atoms with Gasteiger partial charge in [-0.2, -0.15) is 0 Å². The number of hydrogen-bond donors (Lipinski definition) is 1. The molecule has 0 unspecified atom stereocenters. The molecule has 0 aromatic heterocycles. The first-order chi connectivity index (χ1) is 4.34. The third-order valence-electron chi connectivity index (χ3n) is 1.55. The Morgan fingerprint density at radius 2 is 2.11 bits per heavy atom. The molecule has 0 aromatic carbocycles. The molecule has 0 aliphatic carbocycles. The summed E-state index contributed by atoms with van der Waals surface area (Å²) in [6.45, 7) is 3.93. The molecule has 3 nitrogen and oxygen atoms in total. The molecule has 0 spiro atoms. The zero-order valence-corrected chi connectivity index (χ0v) is 5.67. The van der Waals surface area contributed by atoms with Crippen molar-refractivity contribution in [2.24, 2.45) is 5.73 Å². The van der Waals surface area contributed by atoms with Gasteiger partial charge in [0.2, 0.25) is 0 Å². The fourth-order valence-electron chi connectivity index (χ4n) is 0.936. The van der Waals surface area contributed by atoms with Crippen molar-refractivity contribution in [1.82, 2.24) is 0 Å². The third-order valence-corrected chi connectivity index (χ3v) is 1.55. The van der Waals surface area contributed by atoms with Gasteiger partial charge >= 0.3 is 0 Å². The van der Waals surface area contributed by atoms with Gasteiger partial charge in [0.15, 0.2) is 0 Å². The summed E-state index contributed by atoms with van der Waals surface area (Å²) >= 11 is 0. The quantitative estimate of drug-likeness (QED) is 0.533. The van der Waals surface area contributed by atoms with Gasteiger partial charge in [-0.25, -0.2) is 0 Å². The first-order valence-electron chi connectivity index (χ1n) is 3.28. The molecule has 1 aliphatic heterocycles. The topological polar surface area (TPSA) is 44.5 Å². The second kappa shape index (κ2) is 3.15. The SMILES string of the molecule is C[C@@H]1OCCO[C@@H]1CN. The summed E-state index contributed by atoms with van der Waals surface area (Å²) in [5.74, 6) is 0. The van der Waals surface area contributed by atoms with Crippen LogP contribution < -0.4 is 5.73 Å². The summed E-state index contributed by atoms with van der Waals surface area (Å²) in [6.07, 6.45) is 0.280. The molecule has 0 radical (unpaired) electrons. The summed E-state index contributed by atoms with van der Waals surface area (Å²) in [5.41, 5.74) is 5.39. The molecule has 1 heterocycles. The predicted molar refractivity (Wildman–Crippen MR) is 34.2 cm³/mol. The van der Waals surface area contributed by atoms with Gasteiger partial charge in [-0.1, -0.05) is 0 Å². The normalized spacial score (nSPS) is 36.7. The zero-order valence-electron chi connectivity index (χ0n) is 5.67. The number of hydrogen-bond acceptors (Lipinski definition) is 3. The van der Waals surface area contributed by atoms with E-state index >= 15 is 0 Å². The maximum Gasteiger partial charge on any atom is 0.0956 e. The van der Waals surface area contributed by atoms with Crippen molar-refractivity contribution in [2.75, 3.05) is 19.8 Å². The van der Waals surface area contributed by atoms with Crippen LogP contribution in [-0.4, -0.2) is 32.0 Å². The molecule has 3 heteroatoms. The van der Waals surface area contributed by atoms with Gasteiger partial charge in [0.1, 0.15) is 0 Å². The smallest absolute Gasteiger partial charge is 0.0956 e. The van der Waals surface area contributed by atoms with E-state index in [4.69, 9.17) is 15.2 Å². The zero-order chi connectivity index (χ0) is 6.69. The van der Waals surface area contributed by atoms with Gasteiger partial charge in [0.25, 0.3) is 0 Å². The molecule has 1 fully saturated rings. The van der Waals surface area contributed by atoms with Gasteiger partial charge < -0.3 is 15.2 Å². The Morgan fingerprint density at radius 1 is 1.44 bits per heavy atom. The van der Waals surface area contributed by atoms with Gasteiger partial charge in [-0.3, -0.25) is 0 Å². The maximum absolute atomic E-state index is 5.39. The lowest BCUT2D eigenvalue weighted by atomic mass is 10.2. The van der Waals surface area contributed by atoms with E-state index in [9.17, 15) is 0 Å². The van der Waals surface area contributed by atoms with Gasteiger partial charge in [-0.15, -0.1) is 0 Å². The largest absolute Gasteiger partial charge is 0.373 e. The van der Waals surface area contributed by atoms with E-state index in [2.05, 4.69) is 0 Å². The van der Waals surface area contributed by atoms with Crippen molar-refractivity contribution >= 4 is 0 Å². The lowest BCUT2D eigenvalue weighted by Gasteiger charge is -2.28. The monoisotopic (exact) mass is 131 g/mol. The van der Waals surface area contributed by atoms with Crippen molar-refractivity contribution in [3.05, 3.63) is 0 Å². The Labute approximate surface area is 55.1 Å². The van der Waals surface area contributed by atoms with Crippen molar-refractivity contribution < 1.29 is 9.47 Å². The molecule has 2 atom stereocenters. The van der Waals surface area contributed by atoms with E-state index in [0.717, 1.165) is 0 Å². The summed E-state index contributed by atoms with van der Waals surface area (Å²) in [5, 5.41) is 0. The highest BCUT2D eigenvalue weighted by Crippen LogP contribution is 2.07. The Kier molecular flexibility index (Phi) is 2.45. The fraction of sp³-hybridized carbons (Fsp3) is 1.00. The molecule has 1 rings (SSSR count). The standard InChI is InChI=1S/C6H13NO2/c1-5-6(4-7)9-3-2-8-5/h5-6H,2-4,7H2,1H3/t5-,6+/m0/s1. The average molecular weight is 131 g/mol. The minimum Gasteiger partial charge on any atom is -0.373 e. The van der Waals surface area contributed by atoms with E-state index in [1.807, 2.05) is 6.92 Å². The Balaban J connectivity index is 2.30.